The van der Waals surface area contributed by atoms with E-state index in [1.807, 2.05) is 48.5 Å². The predicted octanol–water partition coefficient (Wildman–Crippen LogP) is 15.2. The number of hydrogen-bond acceptors (Lipinski definition) is 7. The van der Waals surface area contributed by atoms with Gasteiger partial charge in [0.15, 0.2) is 0 Å². The van der Waals surface area contributed by atoms with Crippen molar-refractivity contribution >= 4 is 80.0 Å². The molecule has 7 nitrogen and oxygen atoms in total. The van der Waals surface area contributed by atoms with Crippen LogP contribution in [-0.2, 0) is 0 Å². The molecule has 0 aromatic heterocycles. The molecule has 0 amide bonds. The molecule has 0 atom stereocenters. The molecule has 322 valence electrons. The highest BCUT2D eigenvalue weighted by Crippen LogP contribution is 2.38. The van der Waals surface area contributed by atoms with Gasteiger partial charge in [0.25, 0.3) is 0 Å². The van der Waals surface area contributed by atoms with Gasteiger partial charge in [0.05, 0.1) is 34.0 Å². The predicted molar refractivity (Wildman–Crippen MR) is 272 cm³/mol. The Morgan fingerprint density at radius 1 is 0.333 bits per heavy atom. The van der Waals surface area contributed by atoms with E-state index < -0.39 is 0 Å². The zero-order chi connectivity index (χ0) is 45.4. The number of benzene rings is 9. The maximum atomic E-state index is 10.5. The number of anilines is 6. The summed E-state index contributed by atoms with van der Waals surface area (Å²) in [6, 6.07) is 66.4. The molecule has 0 N–H and O–H groups in total. The summed E-state index contributed by atoms with van der Waals surface area (Å²) in [7, 11) is 6.69. The van der Waals surface area contributed by atoms with E-state index in [-0.39, 0.29) is 0 Å². The highest BCUT2D eigenvalue weighted by Gasteiger charge is 2.15. The van der Waals surface area contributed by atoms with Crippen LogP contribution in [0.1, 0.15) is 27.8 Å². The van der Waals surface area contributed by atoms with Gasteiger partial charge in [-0.3, -0.25) is 0 Å². The van der Waals surface area contributed by atoms with Crippen molar-refractivity contribution in [2.45, 2.75) is 0 Å². The van der Waals surface area contributed by atoms with Crippen LogP contribution in [0.4, 0.5) is 34.1 Å². The fourth-order valence-corrected chi connectivity index (χ4v) is 8.16. The summed E-state index contributed by atoms with van der Waals surface area (Å²) in [5.41, 5.74) is 11.0. The first-order valence-electron chi connectivity index (χ1n) is 21.6. The van der Waals surface area contributed by atoms with Crippen molar-refractivity contribution in [1.82, 2.24) is 0 Å². The zero-order valence-corrected chi connectivity index (χ0v) is 37.2. The Balaban J connectivity index is 0.931. The lowest BCUT2D eigenvalue weighted by Crippen LogP contribution is -2.09. The van der Waals surface area contributed by atoms with Gasteiger partial charge < -0.3 is 28.7 Å². The van der Waals surface area contributed by atoms with E-state index in [0.29, 0.717) is 5.56 Å². The number of ether oxygens (including phenoxy) is 4. The summed E-state index contributed by atoms with van der Waals surface area (Å²) >= 11 is 0. The zero-order valence-electron chi connectivity index (χ0n) is 37.2. The molecular formula is C59H47N3O4. The molecule has 66 heavy (non-hydrogen) atoms. The van der Waals surface area contributed by atoms with Gasteiger partial charge >= 0.3 is 0 Å². The molecule has 9 aromatic carbocycles. The van der Waals surface area contributed by atoms with Crippen LogP contribution in [0.15, 0.2) is 188 Å². The van der Waals surface area contributed by atoms with Gasteiger partial charge in [-0.15, -0.1) is 0 Å². The van der Waals surface area contributed by atoms with Crippen LogP contribution < -0.4 is 28.7 Å². The minimum Gasteiger partial charge on any atom is -0.497 e. The normalized spacial score (nSPS) is 11.2. The van der Waals surface area contributed by atoms with Crippen molar-refractivity contribution in [2.75, 3.05) is 38.2 Å². The molecule has 0 saturated heterocycles. The van der Waals surface area contributed by atoms with Gasteiger partial charge in [-0.05, 0) is 173 Å². The minimum atomic E-state index is 0.670. The third-order valence-corrected chi connectivity index (χ3v) is 11.7. The SMILES string of the molecule is COc1ccc(N(c2ccc(C=Cc3ccc4c(C#N)c5cc(C=Cc6ccc(N(c7ccc(OC)cc7)c7ccc(OC)cc7)cc6)ccc5cc4c3)cc2)c2ccc(OC)cc2)cc1. The van der Waals surface area contributed by atoms with E-state index in [9.17, 15) is 5.26 Å². The second-order valence-electron chi connectivity index (χ2n) is 15.6. The first-order valence-corrected chi connectivity index (χ1v) is 21.6. The third-order valence-electron chi connectivity index (χ3n) is 11.7. The Labute approximate surface area is 385 Å². The van der Waals surface area contributed by atoms with Crippen LogP contribution in [0.3, 0.4) is 0 Å². The van der Waals surface area contributed by atoms with Gasteiger partial charge in [-0.2, -0.15) is 5.26 Å². The van der Waals surface area contributed by atoms with E-state index in [1.54, 1.807) is 28.4 Å². The van der Waals surface area contributed by atoms with E-state index in [0.717, 1.165) is 101 Å². The van der Waals surface area contributed by atoms with Crippen molar-refractivity contribution in [3.8, 4) is 29.1 Å². The smallest absolute Gasteiger partial charge is 0.119 e. The molecule has 0 aliphatic heterocycles. The van der Waals surface area contributed by atoms with Gasteiger partial charge in [-0.25, -0.2) is 0 Å². The van der Waals surface area contributed by atoms with Crippen LogP contribution in [0.2, 0.25) is 0 Å². The highest BCUT2D eigenvalue weighted by molar-refractivity contribution is 6.05. The van der Waals surface area contributed by atoms with Crippen molar-refractivity contribution in [3.63, 3.8) is 0 Å². The van der Waals surface area contributed by atoms with E-state index >= 15 is 0 Å². The molecule has 0 bridgehead atoms. The molecule has 0 spiro atoms. The Morgan fingerprint density at radius 3 is 1.02 bits per heavy atom. The van der Waals surface area contributed by atoms with Gasteiger partial charge in [0, 0.05) is 44.9 Å². The van der Waals surface area contributed by atoms with E-state index in [2.05, 4.69) is 180 Å². The van der Waals surface area contributed by atoms with Crippen molar-refractivity contribution in [1.29, 1.82) is 5.26 Å². The standard InChI is InChI=1S/C59H47N3O4/c1-63-53-28-20-49(21-29-53)61(50-22-30-54(64-2)31-23-50)47-16-10-41(11-17-47)5-7-43-14-36-57-46(37-43)39-45-15-9-44(38-58(45)59(57)40-60)8-6-42-12-18-48(19-13-42)62(51-24-32-55(65-3)33-25-51)52-26-34-56(66-4)35-27-52/h5-39H,1-4H3. The molecule has 0 radical (unpaired) electrons. The molecule has 9 aromatic rings. The molecule has 0 aliphatic carbocycles. The Kier molecular flexibility index (Phi) is 12.5. The average molecular weight is 862 g/mol. The summed E-state index contributed by atoms with van der Waals surface area (Å²) in [5, 5.41) is 14.4. The van der Waals surface area contributed by atoms with Crippen LogP contribution in [0.5, 0.6) is 23.0 Å². The molecule has 9 rings (SSSR count). The topological polar surface area (TPSA) is 67.2 Å². The molecule has 0 heterocycles. The van der Waals surface area contributed by atoms with Crippen molar-refractivity contribution in [2.24, 2.45) is 0 Å². The van der Waals surface area contributed by atoms with E-state index in [4.69, 9.17) is 18.9 Å². The van der Waals surface area contributed by atoms with Crippen LogP contribution in [-0.4, -0.2) is 28.4 Å². The van der Waals surface area contributed by atoms with Crippen molar-refractivity contribution < 1.29 is 18.9 Å². The molecule has 0 fully saturated rings. The summed E-state index contributed by atoms with van der Waals surface area (Å²) < 4.78 is 21.7. The first-order chi connectivity index (χ1) is 32.4. The van der Waals surface area contributed by atoms with Crippen LogP contribution in [0, 0.1) is 11.3 Å². The lowest BCUT2D eigenvalue weighted by atomic mass is 9.94. The molecule has 0 unspecified atom stereocenters. The van der Waals surface area contributed by atoms with Gasteiger partial charge in [-0.1, -0.05) is 72.8 Å². The first kappa shape index (κ1) is 42.6. The second-order valence-corrected chi connectivity index (χ2v) is 15.6. The number of rotatable bonds is 14. The number of nitrogens with zero attached hydrogens (tertiary/aromatic N) is 3. The summed E-state index contributed by atoms with van der Waals surface area (Å²) in [5.74, 6) is 3.21. The third kappa shape index (κ3) is 9.17. The summed E-state index contributed by atoms with van der Waals surface area (Å²) in [6.45, 7) is 0. The van der Waals surface area contributed by atoms with Crippen LogP contribution in [0.25, 0.3) is 45.8 Å². The fraction of sp³-hybridized carbons (Fsp3) is 0.0678. The number of methoxy groups -OCH3 is 4. The molecule has 7 heteroatoms. The summed E-state index contributed by atoms with van der Waals surface area (Å²) in [4.78, 5) is 4.40. The van der Waals surface area contributed by atoms with Crippen molar-refractivity contribution in [3.05, 3.63) is 216 Å². The number of hydrogen-bond donors (Lipinski definition) is 0. The minimum absolute atomic E-state index is 0.670. The maximum absolute atomic E-state index is 10.5. The molecular weight excluding hydrogens is 815 g/mol. The highest BCUT2D eigenvalue weighted by atomic mass is 16.5. The lowest BCUT2D eigenvalue weighted by molar-refractivity contribution is 0.414. The largest absolute Gasteiger partial charge is 0.497 e. The lowest BCUT2D eigenvalue weighted by Gasteiger charge is -2.26. The maximum Gasteiger partial charge on any atom is 0.119 e. The number of fused-ring (bicyclic) bond motifs is 2. The number of nitriles is 1. The average Bonchev–Trinajstić information content (AvgIpc) is 3.38. The monoisotopic (exact) mass is 861 g/mol. The fourth-order valence-electron chi connectivity index (χ4n) is 8.16. The van der Waals surface area contributed by atoms with Gasteiger partial charge in [0.2, 0.25) is 0 Å². The van der Waals surface area contributed by atoms with Gasteiger partial charge in [0.1, 0.15) is 29.1 Å². The van der Waals surface area contributed by atoms with Crippen LogP contribution >= 0.6 is 0 Å². The molecule has 0 saturated carbocycles. The molecule has 0 aliphatic rings. The Bertz CT molecular complexity index is 3110. The Hall–Kier alpha value is -8.73. The quantitative estimate of drug-likeness (QED) is 0.0797. The summed E-state index contributed by atoms with van der Waals surface area (Å²) in [6.07, 6.45) is 8.44. The van der Waals surface area contributed by atoms with E-state index in [1.165, 1.54) is 0 Å². The second kappa shape index (κ2) is 19.3. The Morgan fingerprint density at radius 2 is 0.652 bits per heavy atom.